The summed E-state index contributed by atoms with van der Waals surface area (Å²) in [6.45, 7) is 0. The molecule has 0 aliphatic heterocycles. The van der Waals surface area contributed by atoms with Crippen LogP contribution >= 0.6 is 0 Å². The van der Waals surface area contributed by atoms with Crippen LogP contribution in [0.3, 0.4) is 0 Å². The molecule has 1 aliphatic carbocycles. The fourth-order valence-electron chi connectivity index (χ4n) is 2.26. The van der Waals surface area contributed by atoms with Gasteiger partial charge in [-0.15, -0.1) is 0 Å². The standard InChI is InChI=1S/C15H16N2O/c18-15(12-6-2-1-3-7-12)16-14-10-5-11-17(14)13-8-4-9-13/h1-3,5-7,10-11,13H,4,8-9H2,(H,16,18). The van der Waals surface area contributed by atoms with Crippen molar-refractivity contribution < 1.29 is 4.79 Å². The van der Waals surface area contributed by atoms with Crippen LogP contribution in [0.5, 0.6) is 0 Å². The number of benzene rings is 1. The predicted molar refractivity (Wildman–Crippen MR) is 71.7 cm³/mol. The molecule has 3 nitrogen and oxygen atoms in total. The molecule has 1 N–H and O–H groups in total. The number of hydrogen-bond acceptors (Lipinski definition) is 1. The third-order valence-electron chi connectivity index (χ3n) is 3.52. The minimum atomic E-state index is -0.0464. The number of amides is 1. The minimum absolute atomic E-state index is 0.0464. The highest BCUT2D eigenvalue weighted by Gasteiger charge is 2.21. The summed E-state index contributed by atoms with van der Waals surface area (Å²) in [5.74, 6) is 0.850. The number of hydrogen-bond donors (Lipinski definition) is 1. The molecule has 0 radical (unpaired) electrons. The number of aromatic nitrogens is 1. The van der Waals surface area contributed by atoms with Crippen molar-refractivity contribution in [3.63, 3.8) is 0 Å². The first-order chi connectivity index (χ1) is 8.84. The molecule has 0 spiro atoms. The molecular weight excluding hydrogens is 224 g/mol. The Bertz CT molecular complexity index is 541. The Balaban J connectivity index is 1.76. The Labute approximate surface area is 106 Å². The molecule has 1 aromatic carbocycles. The molecule has 1 aliphatic rings. The number of nitrogens with zero attached hydrogens (tertiary/aromatic N) is 1. The Morgan fingerprint density at radius 1 is 1.11 bits per heavy atom. The molecule has 2 aromatic rings. The first kappa shape index (κ1) is 11.1. The van der Waals surface area contributed by atoms with Crippen molar-refractivity contribution in [2.45, 2.75) is 25.3 Å². The van der Waals surface area contributed by atoms with Crippen molar-refractivity contribution in [2.24, 2.45) is 0 Å². The third-order valence-corrected chi connectivity index (χ3v) is 3.52. The second-order valence-electron chi connectivity index (χ2n) is 4.71. The van der Waals surface area contributed by atoms with Crippen LogP contribution in [0, 0.1) is 0 Å². The molecule has 0 unspecified atom stereocenters. The van der Waals surface area contributed by atoms with Crippen molar-refractivity contribution >= 4 is 11.7 Å². The average molecular weight is 240 g/mol. The molecule has 1 amide bonds. The van der Waals surface area contributed by atoms with Crippen LogP contribution in [-0.4, -0.2) is 10.5 Å². The van der Waals surface area contributed by atoms with Gasteiger partial charge in [0.2, 0.25) is 0 Å². The van der Waals surface area contributed by atoms with Gasteiger partial charge in [-0.1, -0.05) is 18.2 Å². The maximum atomic E-state index is 12.1. The zero-order valence-corrected chi connectivity index (χ0v) is 10.2. The van der Waals surface area contributed by atoms with Gasteiger partial charge in [-0.25, -0.2) is 0 Å². The fraction of sp³-hybridized carbons (Fsp3) is 0.267. The van der Waals surface area contributed by atoms with Gasteiger partial charge < -0.3 is 9.88 Å². The summed E-state index contributed by atoms with van der Waals surface area (Å²) in [4.78, 5) is 12.1. The average Bonchev–Trinajstić information content (AvgIpc) is 2.76. The number of carbonyl (C=O) groups is 1. The van der Waals surface area contributed by atoms with E-state index in [4.69, 9.17) is 0 Å². The highest BCUT2D eigenvalue weighted by atomic mass is 16.1. The highest BCUT2D eigenvalue weighted by molar-refractivity contribution is 6.03. The van der Waals surface area contributed by atoms with E-state index in [1.54, 1.807) is 0 Å². The summed E-state index contributed by atoms with van der Waals surface area (Å²) in [7, 11) is 0. The van der Waals surface area contributed by atoms with Crippen LogP contribution in [0.1, 0.15) is 35.7 Å². The fourth-order valence-corrected chi connectivity index (χ4v) is 2.26. The number of rotatable bonds is 3. The normalized spacial score (nSPS) is 15.1. The highest BCUT2D eigenvalue weighted by Crippen LogP contribution is 2.34. The van der Waals surface area contributed by atoms with E-state index in [2.05, 4.69) is 9.88 Å². The number of carbonyl (C=O) groups excluding carboxylic acids is 1. The van der Waals surface area contributed by atoms with E-state index in [0.717, 1.165) is 5.82 Å². The van der Waals surface area contributed by atoms with Crippen molar-refractivity contribution in [3.05, 3.63) is 54.2 Å². The second kappa shape index (κ2) is 4.69. The van der Waals surface area contributed by atoms with E-state index in [1.165, 1.54) is 19.3 Å². The molecule has 1 heterocycles. The number of nitrogens with one attached hydrogen (secondary N) is 1. The largest absolute Gasteiger partial charge is 0.331 e. The van der Waals surface area contributed by atoms with Gasteiger partial charge in [0.1, 0.15) is 5.82 Å². The Morgan fingerprint density at radius 3 is 2.56 bits per heavy atom. The van der Waals surface area contributed by atoms with Gasteiger partial charge in [0.05, 0.1) is 0 Å². The SMILES string of the molecule is O=C(Nc1cccn1C1CCC1)c1ccccc1. The maximum absolute atomic E-state index is 12.1. The van der Waals surface area contributed by atoms with Crippen LogP contribution in [0.25, 0.3) is 0 Å². The Morgan fingerprint density at radius 2 is 1.89 bits per heavy atom. The molecule has 3 rings (SSSR count). The molecule has 92 valence electrons. The van der Waals surface area contributed by atoms with E-state index in [9.17, 15) is 4.79 Å². The van der Waals surface area contributed by atoms with Crippen LogP contribution in [0.2, 0.25) is 0 Å². The van der Waals surface area contributed by atoms with Crippen molar-refractivity contribution in [1.82, 2.24) is 4.57 Å². The minimum Gasteiger partial charge on any atom is -0.331 e. The molecule has 18 heavy (non-hydrogen) atoms. The summed E-state index contributed by atoms with van der Waals surface area (Å²) >= 11 is 0. The quantitative estimate of drug-likeness (QED) is 0.875. The van der Waals surface area contributed by atoms with Crippen molar-refractivity contribution in [2.75, 3.05) is 5.32 Å². The Hall–Kier alpha value is -2.03. The lowest BCUT2D eigenvalue weighted by Gasteiger charge is -2.29. The molecular formula is C15H16N2O. The maximum Gasteiger partial charge on any atom is 0.256 e. The van der Waals surface area contributed by atoms with Gasteiger partial charge >= 0.3 is 0 Å². The molecule has 1 saturated carbocycles. The number of anilines is 1. The van der Waals surface area contributed by atoms with E-state index in [1.807, 2.05) is 48.7 Å². The lowest BCUT2D eigenvalue weighted by atomic mass is 9.93. The van der Waals surface area contributed by atoms with Gasteiger partial charge in [0, 0.05) is 17.8 Å². The molecule has 0 saturated heterocycles. The van der Waals surface area contributed by atoms with Crippen LogP contribution in [0.4, 0.5) is 5.82 Å². The summed E-state index contributed by atoms with van der Waals surface area (Å²) in [6.07, 6.45) is 5.76. The third kappa shape index (κ3) is 2.04. The van der Waals surface area contributed by atoms with Gasteiger partial charge in [-0.2, -0.15) is 0 Å². The van der Waals surface area contributed by atoms with Crippen LogP contribution in [-0.2, 0) is 0 Å². The van der Waals surface area contributed by atoms with Gasteiger partial charge in [-0.3, -0.25) is 4.79 Å². The smallest absolute Gasteiger partial charge is 0.256 e. The zero-order valence-electron chi connectivity index (χ0n) is 10.2. The van der Waals surface area contributed by atoms with Gasteiger partial charge in [0.25, 0.3) is 5.91 Å². The van der Waals surface area contributed by atoms with Crippen molar-refractivity contribution in [1.29, 1.82) is 0 Å². The Kier molecular flexibility index (Phi) is 2.89. The first-order valence-electron chi connectivity index (χ1n) is 6.38. The summed E-state index contributed by atoms with van der Waals surface area (Å²) in [6, 6.07) is 13.8. The summed E-state index contributed by atoms with van der Waals surface area (Å²) in [5, 5.41) is 2.98. The summed E-state index contributed by atoms with van der Waals surface area (Å²) < 4.78 is 2.17. The van der Waals surface area contributed by atoms with E-state index >= 15 is 0 Å². The summed E-state index contributed by atoms with van der Waals surface area (Å²) in [5.41, 5.74) is 0.693. The zero-order chi connectivity index (χ0) is 12.4. The van der Waals surface area contributed by atoms with E-state index < -0.39 is 0 Å². The van der Waals surface area contributed by atoms with Crippen molar-refractivity contribution in [3.8, 4) is 0 Å². The van der Waals surface area contributed by atoms with E-state index in [-0.39, 0.29) is 5.91 Å². The topological polar surface area (TPSA) is 34.0 Å². The van der Waals surface area contributed by atoms with Gasteiger partial charge in [0.15, 0.2) is 0 Å². The molecule has 1 aromatic heterocycles. The van der Waals surface area contributed by atoms with Crippen LogP contribution < -0.4 is 5.32 Å². The van der Waals surface area contributed by atoms with E-state index in [0.29, 0.717) is 11.6 Å². The van der Waals surface area contributed by atoms with Gasteiger partial charge in [-0.05, 0) is 43.5 Å². The molecule has 1 fully saturated rings. The lowest BCUT2D eigenvalue weighted by molar-refractivity contribution is 0.102. The van der Waals surface area contributed by atoms with Crippen LogP contribution in [0.15, 0.2) is 48.7 Å². The monoisotopic (exact) mass is 240 g/mol. The molecule has 0 bridgehead atoms. The predicted octanol–water partition coefficient (Wildman–Crippen LogP) is 3.47. The molecule has 0 atom stereocenters. The second-order valence-corrected chi connectivity index (χ2v) is 4.71. The first-order valence-corrected chi connectivity index (χ1v) is 6.38. The lowest BCUT2D eigenvalue weighted by Crippen LogP contribution is -2.21. The molecule has 3 heteroatoms.